The maximum Gasteiger partial charge on any atom is 0.319 e. The monoisotopic (exact) mass is 349 g/mol. The van der Waals surface area contributed by atoms with Crippen LogP contribution in [0.15, 0.2) is 42.6 Å². The summed E-state index contributed by atoms with van der Waals surface area (Å²) in [6.07, 6.45) is 1.70. The van der Waals surface area contributed by atoms with Gasteiger partial charge in [-0.05, 0) is 37.3 Å². The molecule has 0 aliphatic rings. The van der Waals surface area contributed by atoms with Crippen LogP contribution in [-0.2, 0) is 11.3 Å². The summed E-state index contributed by atoms with van der Waals surface area (Å²) in [5.41, 5.74) is 1.38. The van der Waals surface area contributed by atoms with E-state index < -0.39 is 0 Å². The number of hydrogen-bond acceptors (Lipinski definition) is 4. The van der Waals surface area contributed by atoms with Gasteiger partial charge in [0.15, 0.2) is 0 Å². The molecule has 6 nitrogen and oxygen atoms in total. The lowest BCUT2D eigenvalue weighted by Gasteiger charge is -2.14. The van der Waals surface area contributed by atoms with E-state index in [1.165, 1.54) is 0 Å². The number of nitrogens with zero attached hydrogens (tertiary/aromatic N) is 1. The summed E-state index contributed by atoms with van der Waals surface area (Å²) < 4.78 is 10.6. The summed E-state index contributed by atoms with van der Waals surface area (Å²) in [6, 6.07) is 10.3. The Kier molecular flexibility index (Phi) is 6.84. The smallest absolute Gasteiger partial charge is 0.319 e. The number of amides is 2. The van der Waals surface area contributed by atoms with Crippen LogP contribution in [0.1, 0.15) is 12.6 Å². The predicted molar refractivity (Wildman–Crippen MR) is 93.5 cm³/mol. The second-order valence-electron chi connectivity index (χ2n) is 5.21. The number of hydrogen-bond donors (Lipinski definition) is 2. The number of halogens is 1. The highest BCUT2D eigenvalue weighted by Gasteiger charge is 2.09. The number of pyridine rings is 1. The molecule has 128 valence electrons. The third-order valence-electron chi connectivity index (χ3n) is 3.09. The molecule has 2 N–H and O–H groups in total. The van der Waals surface area contributed by atoms with E-state index in [1.54, 1.807) is 31.5 Å². The van der Waals surface area contributed by atoms with E-state index in [0.717, 1.165) is 5.69 Å². The molecular weight excluding hydrogens is 330 g/mol. The summed E-state index contributed by atoms with van der Waals surface area (Å²) in [5, 5.41) is 5.88. The quantitative estimate of drug-likeness (QED) is 0.802. The Morgan fingerprint density at radius 2 is 2.17 bits per heavy atom. The number of carbonyl (C=O) groups excluding carboxylic acids is 1. The fourth-order valence-electron chi connectivity index (χ4n) is 2.01. The largest absolute Gasteiger partial charge is 0.486 e. The first-order valence-electron chi connectivity index (χ1n) is 7.47. The van der Waals surface area contributed by atoms with Gasteiger partial charge in [0.1, 0.15) is 12.4 Å². The zero-order valence-corrected chi connectivity index (χ0v) is 14.3. The molecule has 0 aliphatic carbocycles. The summed E-state index contributed by atoms with van der Waals surface area (Å²) in [4.78, 5) is 16.0. The second-order valence-corrected chi connectivity index (χ2v) is 5.62. The van der Waals surface area contributed by atoms with Gasteiger partial charge in [-0.2, -0.15) is 0 Å². The molecule has 7 heteroatoms. The van der Waals surface area contributed by atoms with Crippen LogP contribution >= 0.6 is 11.6 Å². The molecule has 0 radical (unpaired) electrons. The van der Waals surface area contributed by atoms with Gasteiger partial charge in [0.05, 0.1) is 23.4 Å². The lowest BCUT2D eigenvalue weighted by molar-refractivity contribution is 0.173. The first-order valence-corrected chi connectivity index (χ1v) is 7.85. The van der Waals surface area contributed by atoms with Crippen LogP contribution in [0.4, 0.5) is 10.5 Å². The molecule has 0 unspecified atom stereocenters. The Labute approximate surface area is 146 Å². The average molecular weight is 350 g/mol. The zero-order valence-electron chi connectivity index (χ0n) is 13.6. The number of urea groups is 1. The predicted octanol–water partition coefficient (Wildman–Crippen LogP) is 3.47. The second kappa shape index (κ2) is 9.10. The normalized spacial score (nSPS) is 11.6. The Balaban J connectivity index is 1.90. The number of benzene rings is 1. The lowest BCUT2D eigenvalue weighted by atomic mass is 10.3. The van der Waals surface area contributed by atoms with Crippen molar-refractivity contribution in [2.75, 3.05) is 19.0 Å². The van der Waals surface area contributed by atoms with Crippen molar-refractivity contribution in [1.82, 2.24) is 10.3 Å². The highest BCUT2D eigenvalue weighted by molar-refractivity contribution is 6.32. The van der Waals surface area contributed by atoms with E-state index in [2.05, 4.69) is 15.6 Å². The van der Waals surface area contributed by atoms with Gasteiger partial charge in [0, 0.05) is 19.0 Å². The molecule has 0 spiro atoms. The van der Waals surface area contributed by atoms with E-state index in [0.29, 0.717) is 29.7 Å². The molecule has 0 saturated heterocycles. The number of ether oxygens (including phenoxy) is 2. The minimum Gasteiger partial charge on any atom is -0.486 e. The SMILES string of the molecule is COC[C@H](C)NC(=O)Nc1ccc(OCc2ccccn2)c(Cl)c1. The Hall–Kier alpha value is -2.31. The van der Waals surface area contributed by atoms with Crippen LogP contribution in [0.5, 0.6) is 5.75 Å². The highest BCUT2D eigenvalue weighted by atomic mass is 35.5. The van der Waals surface area contributed by atoms with Gasteiger partial charge in [-0.15, -0.1) is 0 Å². The number of anilines is 1. The summed E-state index contributed by atoms with van der Waals surface area (Å²) in [6.45, 7) is 2.61. The zero-order chi connectivity index (χ0) is 17.4. The van der Waals surface area contributed by atoms with E-state index in [-0.39, 0.29) is 12.1 Å². The minimum absolute atomic E-state index is 0.0912. The summed E-state index contributed by atoms with van der Waals surface area (Å²) in [7, 11) is 1.58. The van der Waals surface area contributed by atoms with E-state index in [1.807, 2.05) is 25.1 Å². The number of rotatable bonds is 7. The van der Waals surface area contributed by atoms with Crippen LogP contribution < -0.4 is 15.4 Å². The molecule has 0 aliphatic heterocycles. The van der Waals surface area contributed by atoms with Crippen LogP contribution in [0, 0.1) is 0 Å². The average Bonchev–Trinajstić information content (AvgIpc) is 2.55. The van der Waals surface area contributed by atoms with Crippen LogP contribution in [0.25, 0.3) is 0 Å². The van der Waals surface area contributed by atoms with Crippen LogP contribution in [0.3, 0.4) is 0 Å². The van der Waals surface area contributed by atoms with Crippen molar-refractivity contribution in [1.29, 1.82) is 0 Å². The molecule has 2 aromatic rings. The molecule has 1 heterocycles. The fraction of sp³-hybridized carbons (Fsp3) is 0.294. The molecule has 0 bridgehead atoms. The number of carbonyl (C=O) groups is 1. The first kappa shape index (κ1) is 18.0. The van der Waals surface area contributed by atoms with Gasteiger partial charge in [-0.25, -0.2) is 4.79 Å². The third kappa shape index (κ3) is 5.72. The molecule has 0 fully saturated rings. The minimum atomic E-state index is -0.322. The van der Waals surface area contributed by atoms with Gasteiger partial charge in [-0.3, -0.25) is 4.98 Å². The highest BCUT2D eigenvalue weighted by Crippen LogP contribution is 2.28. The summed E-state index contributed by atoms with van der Waals surface area (Å²) >= 11 is 6.20. The summed E-state index contributed by atoms with van der Waals surface area (Å²) in [5.74, 6) is 0.529. The van der Waals surface area contributed by atoms with E-state index in [9.17, 15) is 4.79 Å². The third-order valence-corrected chi connectivity index (χ3v) is 3.38. The first-order chi connectivity index (χ1) is 11.6. The van der Waals surface area contributed by atoms with Crippen molar-refractivity contribution in [3.63, 3.8) is 0 Å². The Morgan fingerprint density at radius 1 is 1.33 bits per heavy atom. The number of aromatic nitrogens is 1. The molecule has 1 aromatic heterocycles. The van der Waals surface area contributed by atoms with Gasteiger partial charge < -0.3 is 20.1 Å². The van der Waals surface area contributed by atoms with Crippen LogP contribution in [0.2, 0.25) is 5.02 Å². The van der Waals surface area contributed by atoms with E-state index >= 15 is 0 Å². The standard InChI is InChI=1S/C17H20ClN3O3/c1-12(10-23-2)20-17(22)21-13-6-7-16(15(18)9-13)24-11-14-5-3-4-8-19-14/h3-9,12H,10-11H2,1-2H3,(H2,20,21,22)/t12-/m0/s1. The van der Waals surface area contributed by atoms with Gasteiger partial charge in [0.2, 0.25) is 0 Å². The van der Waals surface area contributed by atoms with Crippen molar-refractivity contribution in [2.45, 2.75) is 19.6 Å². The Bertz CT molecular complexity index is 667. The maximum absolute atomic E-state index is 11.8. The van der Waals surface area contributed by atoms with Gasteiger partial charge >= 0.3 is 6.03 Å². The van der Waals surface area contributed by atoms with Crippen molar-refractivity contribution >= 4 is 23.3 Å². The molecule has 0 saturated carbocycles. The van der Waals surface area contributed by atoms with Gasteiger partial charge in [0.25, 0.3) is 0 Å². The molecule has 2 rings (SSSR count). The molecule has 1 aromatic carbocycles. The van der Waals surface area contributed by atoms with Crippen molar-refractivity contribution in [3.8, 4) is 5.75 Å². The number of nitrogens with one attached hydrogen (secondary N) is 2. The van der Waals surface area contributed by atoms with Crippen molar-refractivity contribution < 1.29 is 14.3 Å². The molecule has 24 heavy (non-hydrogen) atoms. The van der Waals surface area contributed by atoms with Crippen LogP contribution in [-0.4, -0.2) is 30.8 Å². The van der Waals surface area contributed by atoms with E-state index in [4.69, 9.17) is 21.1 Å². The topological polar surface area (TPSA) is 72.5 Å². The lowest BCUT2D eigenvalue weighted by Crippen LogP contribution is -2.38. The molecule has 2 amide bonds. The molecular formula is C17H20ClN3O3. The van der Waals surface area contributed by atoms with Crippen molar-refractivity contribution in [3.05, 3.63) is 53.3 Å². The maximum atomic E-state index is 11.8. The Morgan fingerprint density at radius 3 is 2.83 bits per heavy atom. The van der Waals surface area contributed by atoms with Gasteiger partial charge in [-0.1, -0.05) is 17.7 Å². The fourth-order valence-corrected chi connectivity index (χ4v) is 2.25. The molecule has 1 atom stereocenters. The number of methoxy groups -OCH3 is 1. The van der Waals surface area contributed by atoms with Crippen molar-refractivity contribution in [2.24, 2.45) is 0 Å².